The molecular weight excluding hydrogens is 168 g/mol. The van der Waals surface area contributed by atoms with E-state index in [1.54, 1.807) is 19.1 Å². The second kappa shape index (κ2) is 3.45. The van der Waals surface area contributed by atoms with E-state index in [9.17, 15) is 4.79 Å². The Morgan fingerprint density at radius 3 is 2.62 bits per heavy atom. The topological polar surface area (TPSA) is 89.3 Å². The van der Waals surface area contributed by atoms with E-state index in [0.29, 0.717) is 11.3 Å². The van der Waals surface area contributed by atoms with Crippen LogP contribution in [0.1, 0.15) is 28.9 Å². The van der Waals surface area contributed by atoms with Crippen molar-refractivity contribution in [1.82, 2.24) is 0 Å². The van der Waals surface area contributed by atoms with E-state index in [1.165, 1.54) is 6.07 Å². The van der Waals surface area contributed by atoms with Gasteiger partial charge in [0.1, 0.15) is 0 Å². The van der Waals surface area contributed by atoms with Crippen molar-refractivity contribution in [3.8, 4) is 0 Å². The number of benzene rings is 1. The monoisotopic (exact) mass is 180 g/mol. The molecule has 5 N–H and O–H groups in total. The van der Waals surface area contributed by atoms with E-state index in [-0.39, 0.29) is 11.6 Å². The summed E-state index contributed by atoms with van der Waals surface area (Å²) in [6.07, 6.45) is 0. The first-order chi connectivity index (χ1) is 6.02. The summed E-state index contributed by atoms with van der Waals surface area (Å²) >= 11 is 0. The highest BCUT2D eigenvalue weighted by Gasteiger charge is 2.12. The standard InChI is InChI=1S/C9H12N2O2/c1-5(10)8-4-6(11)2-3-7(8)9(12)13/h2-5H,10-11H2,1H3,(H,12,13)/t5-/m0/s1. The number of nitrogen functional groups attached to an aromatic ring is 1. The number of carboxylic acids is 1. The number of hydrogen-bond acceptors (Lipinski definition) is 3. The number of rotatable bonds is 2. The molecule has 0 bridgehead atoms. The van der Waals surface area contributed by atoms with Crippen molar-refractivity contribution in [3.63, 3.8) is 0 Å². The largest absolute Gasteiger partial charge is 0.478 e. The van der Waals surface area contributed by atoms with Gasteiger partial charge in [-0.3, -0.25) is 0 Å². The molecule has 4 nitrogen and oxygen atoms in total. The molecule has 0 aliphatic rings. The van der Waals surface area contributed by atoms with Gasteiger partial charge in [-0.25, -0.2) is 4.79 Å². The van der Waals surface area contributed by atoms with Crippen molar-refractivity contribution in [3.05, 3.63) is 29.3 Å². The zero-order valence-electron chi connectivity index (χ0n) is 7.32. The summed E-state index contributed by atoms with van der Waals surface area (Å²) in [4.78, 5) is 10.7. The van der Waals surface area contributed by atoms with E-state index in [1.807, 2.05) is 0 Å². The van der Waals surface area contributed by atoms with Gasteiger partial charge in [-0.05, 0) is 30.7 Å². The lowest BCUT2D eigenvalue weighted by molar-refractivity contribution is 0.0695. The molecule has 4 heteroatoms. The fraction of sp³-hybridized carbons (Fsp3) is 0.222. The predicted octanol–water partition coefficient (Wildman–Crippen LogP) is 0.987. The van der Waals surface area contributed by atoms with Gasteiger partial charge < -0.3 is 16.6 Å². The highest BCUT2D eigenvalue weighted by molar-refractivity contribution is 5.90. The Morgan fingerprint density at radius 2 is 2.15 bits per heavy atom. The van der Waals surface area contributed by atoms with Crippen LogP contribution in [0.5, 0.6) is 0 Å². The molecule has 1 rings (SSSR count). The summed E-state index contributed by atoms with van der Waals surface area (Å²) in [5, 5.41) is 8.81. The third kappa shape index (κ3) is 1.97. The highest BCUT2D eigenvalue weighted by atomic mass is 16.4. The second-order valence-electron chi connectivity index (χ2n) is 2.94. The molecule has 0 saturated carbocycles. The van der Waals surface area contributed by atoms with E-state index in [2.05, 4.69) is 0 Å². The first-order valence-electron chi connectivity index (χ1n) is 3.90. The minimum atomic E-state index is -0.979. The van der Waals surface area contributed by atoms with E-state index >= 15 is 0 Å². The second-order valence-corrected chi connectivity index (χ2v) is 2.94. The molecule has 0 unspecified atom stereocenters. The lowest BCUT2D eigenvalue weighted by Gasteiger charge is -2.09. The summed E-state index contributed by atoms with van der Waals surface area (Å²) < 4.78 is 0. The van der Waals surface area contributed by atoms with Gasteiger partial charge in [-0.15, -0.1) is 0 Å². The fourth-order valence-corrected chi connectivity index (χ4v) is 1.15. The lowest BCUT2D eigenvalue weighted by Crippen LogP contribution is -2.12. The minimum Gasteiger partial charge on any atom is -0.478 e. The van der Waals surface area contributed by atoms with Gasteiger partial charge in [0.15, 0.2) is 0 Å². The summed E-state index contributed by atoms with van der Waals surface area (Å²) in [6.45, 7) is 1.72. The number of carboxylic acid groups (broad SMARTS) is 1. The summed E-state index contributed by atoms with van der Waals surface area (Å²) in [5.74, 6) is -0.979. The number of nitrogens with two attached hydrogens (primary N) is 2. The predicted molar refractivity (Wildman–Crippen MR) is 50.4 cm³/mol. The van der Waals surface area contributed by atoms with Crippen LogP contribution in [-0.4, -0.2) is 11.1 Å². The van der Waals surface area contributed by atoms with Crippen LogP contribution in [0.2, 0.25) is 0 Å². The van der Waals surface area contributed by atoms with Crippen molar-refractivity contribution in [1.29, 1.82) is 0 Å². The number of aromatic carboxylic acids is 1. The number of hydrogen-bond donors (Lipinski definition) is 3. The molecule has 0 aromatic heterocycles. The smallest absolute Gasteiger partial charge is 0.336 e. The van der Waals surface area contributed by atoms with Crippen LogP contribution in [0.25, 0.3) is 0 Å². The van der Waals surface area contributed by atoms with Gasteiger partial charge in [-0.2, -0.15) is 0 Å². The molecule has 0 fully saturated rings. The highest BCUT2D eigenvalue weighted by Crippen LogP contribution is 2.19. The third-order valence-electron chi connectivity index (χ3n) is 1.80. The molecule has 1 aromatic rings. The van der Waals surface area contributed by atoms with E-state index in [0.717, 1.165) is 0 Å². The SMILES string of the molecule is C[C@H](N)c1cc(N)ccc1C(=O)O. The average molecular weight is 180 g/mol. The molecule has 0 heterocycles. The molecule has 0 spiro atoms. The number of carbonyl (C=O) groups is 1. The Kier molecular flexibility index (Phi) is 2.53. The molecule has 13 heavy (non-hydrogen) atoms. The van der Waals surface area contributed by atoms with Crippen molar-refractivity contribution in [2.24, 2.45) is 5.73 Å². The molecule has 0 aliphatic carbocycles. The van der Waals surface area contributed by atoms with Gasteiger partial charge in [0.05, 0.1) is 5.56 Å². The molecule has 1 aromatic carbocycles. The Balaban J connectivity index is 3.26. The maximum atomic E-state index is 10.7. The van der Waals surface area contributed by atoms with E-state index < -0.39 is 5.97 Å². The Morgan fingerprint density at radius 1 is 1.54 bits per heavy atom. The maximum Gasteiger partial charge on any atom is 0.336 e. The minimum absolute atomic E-state index is 0.212. The summed E-state index contributed by atoms with van der Waals surface area (Å²) in [6, 6.07) is 4.29. The van der Waals surface area contributed by atoms with Gasteiger partial charge in [0.2, 0.25) is 0 Å². The molecular formula is C9H12N2O2. The van der Waals surface area contributed by atoms with E-state index in [4.69, 9.17) is 16.6 Å². The van der Waals surface area contributed by atoms with Gasteiger partial charge in [0, 0.05) is 11.7 Å². The average Bonchev–Trinajstić information content (AvgIpc) is 2.03. The van der Waals surface area contributed by atoms with Crippen LogP contribution >= 0.6 is 0 Å². The third-order valence-corrected chi connectivity index (χ3v) is 1.80. The summed E-state index contributed by atoms with van der Waals surface area (Å²) in [5.41, 5.74) is 12.4. The van der Waals surface area contributed by atoms with Crippen LogP contribution in [-0.2, 0) is 0 Å². The zero-order valence-corrected chi connectivity index (χ0v) is 7.32. The first kappa shape index (κ1) is 9.54. The van der Waals surface area contributed by atoms with Gasteiger partial charge >= 0.3 is 5.97 Å². The van der Waals surface area contributed by atoms with Crippen LogP contribution in [0.3, 0.4) is 0 Å². The Hall–Kier alpha value is -1.55. The van der Waals surface area contributed by atoms with Crippen LogP contribution < -0.4 is 11.5 Å². The molecule has 0 radical (unpaired) electrons. The molecule has 1 atom stereocenters. The van der Waals surface area contributed by atoms with Gasteiger partial charge in [-0.1, -0.05) is 0 Å². The van der Waals surface area contributed by atoms with Crippen molar-refractivity contribution in [2.45, 2.75) is 13.0 Å². The lowest BCUT2D eigenvalue weighted by atomic mass is 10.0. The molecule has 70 valence electrons. The molecule has 0 saturated heterocycles. The fourth-order valence-electron chi connectivity index (χ4n) is 1.15. The molecule has 0 aliphatic heterocycles. The van der Waals surface area contributed by atoms with Crippen molar-refractivity contribution >= 4 is 11.7 Å². The van der Waals surface area contributed by atoms with Crippen LogP contribution in [0.15, 0.2) is 18.2 Å². The first-order valence-corrected chi connectivity index (χ1v) is 3.90. The van der Waals surface area contributed by atoms with Gasteiger partial charge in [0.25, 0.3) is 0 Å². The maximum absolute atomic E-state index is 10.7. The Labute approximate surface area is 76.2 Å². The zero-order chi connectivity index (χ0) is 10.0. The van der Waals surface area contributed by atoms with Crippen molar-refractivity contribution < 1.29 is 9.90 Å². The van der Waals surface area contributed by atoms with Crippen LogP contribution in [0.4, 0.5) is 5.69 Å². The number of anilines is 1. The summed E-state index contributed by atoms with van der Waals surface area (Å²) in [7, 11) is 0. The quantitative estimate of drug-likeness (QED) is 0.592. The van der Waals surface area contributed by atoms with Crippen LogP contribution in [0, 0.1) is 0 Å². The molecule has 0 amide bonds. The van der Waals surface area contributed by atoms with Crippen molar-refractivity contribution in [2.75, 3.05) is 5.73 Å². The Bertz CT molecular complexity index is 334. The normalized spacial score (nSPS) is 12.5.